The van der Waals surface area contributed by atoms with E-state index in [1.165, 1.54) is 18.5 Å². The van der Waals surface area contributed by atoms with E-state index in [2.05, 4.69) is 35.8 Å². The average Bonchev–Trinajstić information content (AvgIpc) is 3.47. The molecule has 0 amide bonds. The van der Waals surface area contributed by atoms with Gasteiger partial charge in [-0.25, -0.2) is 19.9 Å². The van der Waals surface area contributed by atoms with Gasteiger partial charge in [-0.1, -0.05) is 0 Å². The van der Waals surface area contributed by atoms with E-state index in [1.54, 1.807) is 25.8 Å². The molecule has 4 rings (SSSR count). The van der Waals surface area contributed by atoms with Crippen LogP contribution in [0.1, 0.15) is 24.5 Å². The van der Waals surface area contributed by atoms with E-state index in [0.29, 0.717) is 11.7 Å². The van der Waals surface area contributed by atoms with Gasteiger partial charge in [0.1, 0.15) is 12.1 Å². The fraction of sp³-hybridized carbons (Fsp3) is 0.500. The summed E-state index contributed by atoms with van der Waals surface area (Å²) in [6.07, 6.45) is 7.64. The maximum atomic E-state index is 5.10. The van der Waals surface area contributed by atoms with Crippen molar-refractivity contribution in [1.82, 2.24) is 19.9 Å². The number of hydrogen-bond donors (Lipinski definition) is 0. The topological polar surface area (TPSA) is 67.3 Å². The summed E-state index contributed by atoms with van der Waals surface area (Å²) < 4.78 is 5.10. The van der Waals surface area contributed by atoms with Gasteiger partial charge in [0, 0.05) is 43.9 Å². The van der Waals surface area contributed by atoms with E-state index in [-0.39, 0.29) is 0 Å². The molecular weight excluding hydrogens is 292 g/mol. The summed E-state index contributed by atoms with van der Waals surface area (Å²) in [6, 6.07) is 2.15. The SMILES string of the molecule is COc1cnc(N2CCN(c3cc(C4CC4)ncn3)CC2)nc1. The molecule has 23 heavy (non-hydrogen) atoms. The summed E-state index contributed by atoms with van der Waals surface area (Å²) in [5, 5.41) is 0. The Hall–Kier alpha value is -2.44. The molecule has 1 aliphatic heterocycles. The quantitative estimate of drug-likeness (QED) is 0.847. The third-order valence-corrected chi connectivity index (χ3v) is 4.41. The van der Waals surface area contributed by atoms with Crippen molar-refractivity contribution in [2.45, 2.75) is 18.8 Å². The van der Waals surface area contributed by atoms with E-state index >= 15 is 0 Å². The molecule has 1 saturated heterocycles. The summed E-state index contributed by atoms with van der Waals surface area (Å²) >= 11 is 0. The first-order chi connectivity index (χ1) is 11.3. The molecule has 7 heteroatoms. The Morgan fingerprint density at radius 2 is 1.65 bits per heavy atom. The molecule has 1 aliphatic carbocycles. The van der Waals surface area contributed by atoms with Crippen LogP contribution in [0.2, 0.25) is 0 Å². The third kappa shape index (κ3) is 3.04. The van der Waals surface area contributed by atoms with Crippen molar-refractivity contribution in [3.63, 3.8) is 0 Å². The minimum atomic E-state index is 0.658. The number of hydrogen-bond acceptors (Lipinski definition) is 7. The summed E-state index contributed by atoms with van der Waals surface area (Å²) in [6.45, 7) is 3.59. The lowest BCUT2D eigenvalue weighted by molar-refractivity contribution is 0.410. The first-order valence-corrected chi connectivity index (χ1v) is 8.01. The number of aromatic nitrogens is 4. The van der Waals surface area contributed by atoms with E-state index in [9.17, 15) is 0 Å². The Labute approximate surface area is 135 Å². The lowest BCUT2D eigenvalue weighted by Crippen LogP contribution is -2.47. The molecule has 0 spiro atoms. The molecule has 0 bridgehead atoms. The first-order valence-electron chi connectivity index (χ1n) is 8.01. The summed E-state index contributed by atoms with van der Waals surface area (Å²) in [5.41, 5.74) is 1.19. The highest BCUT2D eigenvalue weighted by Gasteiger charge is 2.26. The molecule has 0 aromatic carbocycles. The zero-order valence-corrected chi connectivity index (χ0v) is 13.2. The average molecular weight is 312 g/mol. The van der Waals surface area contributed by atoms with Crippen LogP contribution in [0.15, 0.2) is 24.8 Å². The van der Waals surface area contributed by atoms with Crippen molar-refractivity contribution in [1.29, 1.82) is 0 Å². The van der Waals surface area contributed by atoms with Crippen molar-refractivity contribution < 1.29 is 4.74 Å². The van der Waals surface area contributed by atoms with Crippen molar-refractivity contribution in [2.24, 2.45) is 0 Å². The highest BCUT2D eigenvalue weighted by atomic mass is 16.5. The fourth-order valence-electron chi connectivity index (χ4n) is 2.85. The predicted molar refractivity (Wildman–Crippen MR) is 87.0 cm³/mol. The third-order valence-electron chi connectivity index (χ3n) is 4.41. The Morgan fingerprint density at radius 1 is 0.957 bits per heavy atom. The van der Waals surface area contributed by atoms with Gasteiger partial charge in [0.15, 0.2) is 5.75 Å². The van der Waals surface area contributed by atoms with Crippen LogP contribution in [0.4, 0.5) is 11.8 Å². The highest BCUT2D eigenvalue weighted by Crippen LogP contribution is 2.39. The summed E-state index contributed by atoms with van der Waals surface area (Å²) in [4.78, 5) is 22.1. The molecule has 3 heterocycles. The Bertz CT molecular complexity index is 665. The lowest BCUT2D eigenvalue weighted by Gasteiger charge is -2.35. The molecule has 7 nitrogen and oxygen atoms in total. The van der Waals surface area contributed by atoms with E-state index in [1.807, 2.05) is 0 Å². The molecule has 0 atom stereocenters. The van der Waals surface area contributed by atoms with E-state index < -0.39 is 0 Å². The monoisotopic (exact) mass is 312 g/mol. The summed E-state index contributed by atoms with van der Waals surface area (Å²) in [7, 11) is 1.62. The molecule has 2 aromatic rings. The van der Waals surface area contributed by atoms with Gasteiger partial charge >= 0.3 is 0 Å². The van der Waals surface area contributed by atoms with Gasteiger partial charge < -0.3 is 14.5 Å². The molecule has 0 unspecified atom stereocenters. The van der Waals surface area contributed by atoms with Crippen molar-refractivity contribution in [3.8, 4) is 5.75 Å². The first kappa shape index (κ1) is 14.2. The zero-order valence-electron chi connectivity index (χ0n) is 13.2. The van der Waals surface area contributed by atoms with Crippen LogP contribution in [0.25, 0.3) is 0 Å². The number of methoxy groups -OCH3 is 1. The minimum Gasteiger partial charge on any atom is -0.494 e. The number of ether oxygens (including phenoxy) is 1. The van der Waals surface area contributed by atoms with Crippen molar-refractivity contribution >= 4 is 11.8 Å². The fourth-order valence-corrected chi connectivity index (χ4v) is 2.85. The molecular formula is C16H20N6O. The van der Waals surface area contributed by atoms with Gasteiger partial charge in [-0.3, -0.25) is 0 Å². The zero-order chi connectivity index (χ0) is 15.6. The predicted octanol–water partition coefficient (Wildman–Crippen LogP) is 1.48. The normalized spacial score (nSPS) is 18.1. The Balaban J connectivity index is 1.41. The van der Waals surface area contributed by atoms with Crippen LogP contribution in [-0.2, 0) is 0 Å². The van der Waals surface area contributed by atoms with E-state index in [4.69, 9.17) is 4.74 Å². The van der Waals surface area contributed by atoms with Gasteiger partial charge in [0.25, 0.3) is 0 Å². The second-order valence-electron chi connectivity index (χ2n) is 5.97. The molecule has 1 saturated carbocycles. The molecule has 2 fully saturated rings. The number of nitrogens with zero attached hydrogens (tertiary/aromatic N) is 6. The highest BCUT2D eigenvalue weighted by molar-refractivity contribution is 5.43. The molecule has 0 radical (unpaired) electrons. The second-order valence-corrected chi connectivity index (χ2v) is 5.97. The van der Waals surface area contributed by atoms with Gasteiger partial charge in [-0.05, 0) is 12.8 Å². The van der Waals surface area contributed by atoms with Crippen LogP contribution in [0.5, 0.6) is 5.75 Å². The molecule has 2 aliphatic rings. The van der Waals surface area contributed by atoms with Crippen LogP contribution >= 0.6 is 0 Å². The number of piperazine rings is 1. The Kier molecular flexibility index (Phi) is 3.69. The molecule has 120 valence electrons. The van der Waals surface area contributed by atoms with Crippen LogP contribution < -0.4 is 14.5 Å². The van der Waals surface area contributed by atoms with Gasteiger partial charge in [-0.15, -0.1) is 0 Å². The van der Waals surface area contributed by atoms with Crippen LogP contribution in [0, 0.1) is 0 Å². The molecule has 0 N–H and O–H groups in total. The van der Waals surface area contributed by atoms with Gasteiger partial charge in [-0.2, -0.15) is 0 Å². The van der Waals surface area contributed by atoms with Gasteiger partial charge in [0.05, 0.1) is 19.5 Å². The van der Waals surface area contributed by atoms with Gasteiger partial charge in [0.2, 0.25) is 5.95 Å². The van der Waals surface area contributed by atoms with Crippen molar-refractivity contribution in [2.75, 3.05) is 43.1 Å². The lowest BCUT2D eigenvalue weighted by atomic mass is 10.2. The second kappa shape index (κ2) is 5.98. The standard InChI is InChI=1S/C16H20N6O/c1-23-13-9-17-16(18-10-13)22-6-4-21(5-7-22)15-8-14(12-2-3-12)19-11-20-15/h8-12H,2-7H2,1H3. The summed E-state index contributed by atoms with van der Waals surface area (Å²) in [5.74, 6) is 3.13. The van der Waals surface area contributed by atoms with E-state index in [0.717, 1.165) is 37.9 Å². The Morgan fingerprint density at radius 3 is 2.30 bits per heavy atom. The molecule has 2 aromatic heterocycles. The maximum absolute atomic E-state index is 5.10. The maximum Gasteiger partial charge on any atom is 0.225 e. The smallest absolute Gasteiger partial charge is 0.225 e. The van der Waals surface area contributed by atoms with Crippen LogP contribution in [0.3, 0.4) is 0 Å². The number of anilines is 2. The number of rotatable bonds is 4. The van der Waals surface area contributed by atoms with Crippen LogP contribution in [-0.4, -0.2) is 53.2 Å². The minimum absolute atomic E-state index is 0.658. The van der Waals surface area contributed by atoms with Crippen molar-refractivity contribution in [3.05, 3.63) is 30.5 Å². The largest absolute Gasteiger partial charge is 0.494 e.